The van der Waals surface area contributed by atoms with Crippen LogP contribution in [-0.2, 0) is 0 Å². The number of aromatic hydroxyl groups is 10. The van der Waals surface area contributed by atoms with Gasteiger partial charge in [-0.25, -0.2) is 0 Å². The van der Waals surface area contributed by atoms with Crippen LogP contribution in [-0.4, -0.2) is 198 Å². The number of phenolic OH excluding ortho intramolecular Hbond substituents is 8. The minimum absolute atomic E-state index is 0.134. The predicted octanol–water partition coefficient (Wildman–Crippen LogP) is 2.83. The number of piperazine rings is 9. The molecule has 2 aromatic heterocycles. The van der Waals surface area contributed by atoms with Gasteiger partial charge >= 0.3 is 0 Å². The largest absolute Gasteiger partial charge is 0.508 e. The Hall–Kier alpha value is -6.94. The van der Waals surface area contributed by atoms with Crippen LogP contribution < -0.4 is 10.9 Å². The molecule has 4 aromatic carbocycles. The van der Waals surface area contributed by atoms with Crippen LogP contribution in [0, 0.1) is 0 Å². The molecule has 15 rings (SSSR count). The summed E-state index contributed by atoms with van der Waals surface area (Å²) in [6, 6.07) is 11.3. The van der Waals surface area contributed by atoms with Crippen LogP contribution in [0.5, 0.6) is 57.5 Å². The topological polar surface area (TPSA) is 282 Å². The fourth-order valence-corrected chi connectivity index (χ4v) is 8.83. The van der Waals surface area contributed by atoms with Gasteiger partial charge < -0.3 is 59.9 Å². The van der Waals surface area contributed by atoms with Gasteiger partial charge in [-0.15, -0.1) is 0 Å². The molecule has 20 nitrogen and oxygen atoms in total. The summed E-state index contributed by atoms with van der Waals surface area (Å²) < 4.78 is 10.7. The Kier molecular flexibility index (Phi) is 14.3. The Labute approximate surface area is 389 Å². The first kappa shape index (κ1) is 47.5. The molecule has 0 unspecified atom stereocenters. The van der Waals surface area contributed by atoms with Gasteiger partial charge in [0.15, 0.2) is 34.5 Å². The highest BCUT2D eigenvalue weighted by atomic mass is 16.4. The minimum atomic E-state index is -0.888. The summed E-state index contributed by atoms with van der Waals surface area (Å²) in [6.45, 7) is 23.7. The van der Waals surface area contributed by atoms with Crippen LogP contribution in [0.15, 0.2) is 79.1 Å². The lowest BCUT2D eigenvalue weighted by molar-refractivity contribution is 0.0647. The normalized spacial score (nSPS) is 22.9. The van der Waals surface area contributed by atoms with Crippen LogP contribution in [0.1, 0.15) is 0 Å². The number of rotatable bonds is 2. The van der Waals surface area contributed by atoms with Crippen molar-refractivity contribution in [2.45, 2.75) is 0 Å². The number of fused-ring (bicyclic) bond motifs is 11. The van der Waals surface area contributed by atoms with E-state index in [2.05, 4.69) is 29.4 Å². The lowest BCUT2D eigenvalue weighted by Crippen LogP contribution is -2.55. The molecular weight excluding hydrogens is 885 g/mol. The number of hydrogen-bond acceptors (Lipinski definition) is 20. The molecule has 0 radical (unpaired) electrons. The number of benzene rings is 4. The van der Waals surface area contributed by atoms with Gasteiger partial charge in [0.2, 0.25) is 22.4 Å². The second-order valence-corrected chi connectivity index (χ2v) is 17.4. The molecule has 0 spiro atoms. The summed E-state index contributed by atoms with van der Waals surface area (Å²) in [4.78, 5) is 39.5. The maximum Gasteiger partial charge on any atom is 0.238 e. The monoisotopic (exact) mass is 940 g/mol. The fraction of sp³-hybridized carbons (Fsp3) is 0.375. The molecule has 0 saturated carbocycles. The van der Waals surface area contributed by atoms with E-state index in [0.717, 1.165) is 48.5 Å². The van der Waals surface area contributed by atoms with E-state index in [0.29, 0.717) is 0 Å². The molecule has 68 heavy (non-hydrogen) atoms. The van der Waals surface area contributed by atoms with Gasteiger partial charge in [0.1, 0.15) is 44.9 Å². The SMILES string of the molecule is C1CN2CCN1CC2.C1CN2CCN1CC2.C1CN2CCN1CC2.O=c1c(O)c(-c2ccc(O)c(O)c2)oc2cc(O)cc(O)c12.O=c1c(O)c(-c2ccc(O)c(O)c2)oc2cc(O)cc(O)c12. The summed E-state index contributed by atoms with van der Waals surface area (Å²) in [7, 11) is 0. The number of hydrogen-bond donors (Lipinski definition) is 10. The first-order chi connectivity index (χ1) is 32.6. The molecule has 9 fully saturated rings. The lowest BCUT2D eigenvalue weighted by Gasteiger charge is -2.41. The van der Waals surface area contributed by atoms with Crippen LogP contribution in [0.4, 0.5) is 0 Å². The second kappa shape index (κ2) is 20.5. The standard InChI is InChI=1S/2C15H10O7.3C6H12N2/c2*16-7-4-10(19)12-11(5-7)22-15(14(21)13(12)20)6-1-2-8(17)9(18)3-6;3*1-2-8-5-3-7(1)4-6-8/h2*1-5,16-19,21H;3*1-6H2. The van der Waals surface area contributed by atoms with Gasteiger partial charge in [0.25, 0.3) is 0 Å². The number of phenols is 8. The molecule has 362 valence electrons. The van der Waals surface area contributed by atoms with Crippen LogP contribution in [0.25, 0.3) is 44.6 Å². The maximum absolute atomic E-state index is 12.1. The van der Waals surface area contributed by atoms with Crippen molar-refractivity contribution < 1.29 is 59.9 Å². The number of nitrogens with zero attached hydrogens (tertiary/aromatic N) is 6. The molecule has 20 heteroatoms. The zero-order chi connectivity index (χ0) is 48.2. The van der Waals surface area contributed by atoms with E-state index in [4.69, 9.17) is 8.83 Å². The third kappa shape index (κ3) is 10.8. The molecule has 0 amide bonds. The van der Waals surface area contributed by atoms with Crippen LogP contribution in [0.2, 0.25) is 0 Å². The fourth-order valence-electron chi connectivity index (χ4n) is 8.83. The van der Waals surface area contributed by atoms with E-state index in [-0.39, 0.29) is 67.6 Å². The smallest absolute Gasteiger partial charge is 0.238 e. The summed E-state index contributed by atoms with van der Waals surface area (Å²) in [5, 5.41) is 95.3. The Morgan fingerprint density at radius 2 is 0.588 bits per heavy atom. The summed E-state index contributed by atoms with van der Waals surface area (Å²) in [6.07, 6.45) is 0. The molecule has 6 aromatic rings. The molecule has 0 aliphatic carbocycles. The highest BCUT2D eigenvalue weighted by Crippen LogP contribution is 2.39. The van der Waals surface area contributed by atoms with Crippen molar-refractivity contribution >= 4 is 21.9 Å². The second-order valence-electron chi connectivity index (χ2n) is 17.4. The lowest BCUT2D eigenvalue weighted by atomic mass is 10.1. The van der Waals surface area contributed by atoms with Gasteiger partial charge in [0.05, 0.1) is 0 Å². The van der Waals surface area contributed by atoms with Gasteiger partial charge in [0, 0.05) is 153 Å². The van der Waals surface area contributed by atoms with Crippen molar-refractivity contribution in [3.8, 4) is 80.1 Å². The Balaban J connectivity index is 0.000000124. The summed E-state index contributed by atoms with van der Waals surface area (Å²) in [5.41, 5.74) is -1.78. The van der Waals surface area contributed by atoms with E-state index >= 15 is 0 Å². The zero-order valence-corrected chi connectivity index (χ0v) is 37.3. The molecular formula is C48H56N6O14. The maximum atomic E-state index is 12.1. The van der Waals surface area contributed by atoms with Gasteiger partial charge in [-0.2, -0.15) is 0 Å². The van der Waals surface area contributed by atoms with Crippen molar-refractivity contribution in [3.05, 3.63) is 81.1 Å². The Morgan fingerprint density at radius 1 is 0.324 bits per heavy atom. The molecule has 9 aliphatic rings. The van der Waals surface area contributed by atoms with Crippen molar-refractivity contribution in [3.63, 3.8) is 0 Å². The minimum Gasteiger partial charge on any atom is -0.508 e. The molecule has 6 bridgehead atoms. The average Bonchev–Trinajstić information content (AvgIpc) is 3.35. The molecule has 11 heterocycles. The summed E-state index contributed by atoms with van der Waals surface area (Å²) in [5.74, 6) is -5.43. The molecule has 9 saturated heterocycles. The predicted molar refractivity (Wildman–Crippen MR) is 251 cm³/mol. The molecule has 10 N–H and O–H groups in total. The van der Waals surface area contributed by atoms with Gasteiger partial charge in [-0.05, 0) is 36.4 Å². The quantitative estimate of drug-likeness (QED) is 0.112. The van der Waals surface area contributed by atoms with Crippen molar-refractivity contribution in [1.82, 2.24) is 29.4 Å². The van der Waals surface area contributed by atoms with Crippen molar-refractivity contribution in [1.29, 1.82) is 0 Å². The van der Waals surface area contributed by atoms with Gasteiger partial charge in [-0.3, -0.25) is 39.0 Å². The van der Waals surface area contributed by atoms with Crippen molar-refractivity contribution in [2.75, 3.05) is 118 Å². The average molecular weight is 941 g/mol. The first-order valence-electron chi connectivity index (χ1n) is 22.4. The van der Waals surface area contributed by atoms with E-state index < -0.39 is 45.4 Å². The van der Waals surface area contributed by atoms with E-state index in [1.807, 2.05) is 0 Å². The third-order valence-electron chi connectivity index (χ3n) is 12.9. The van der Waals surface area contributed by atoms with Crippen LogP contribution >= 0.6 is 0 Å². The highest BCUT2D eigenvalue weighted by molar-refractivity contribution is 5.89. The van der Waals surface area contributed by atoms with Crippen LogP contribution in [0.3, 0.4) is 0 Å². The molecule has 0 atom stereocenters. The summed E-state index contributed by atoms with van der Waals surface area (Å²) >= 11 is 0. The van der Waals surface area contributed by atoms with Gasteiger partial charge in [-0.1, -0.05) is 0 Å². The highest BCUT2D eigenvalue weighted by Gasteiger charge is 2.25. The zero-order valence-electron chi connectivity index (χ0n) is 37.3. The van der Waals surface area contributed by atoms with E-state index in [1.165, 1.54) is 130 Å². The Morgan fingerprint density at radius 3 is 0.824 bits per heavy atom. The Bertz CT molecular complexity index is 2600. The van der Waals surface area contributed by atoms with E-state index in [1.54, 1.807) is 0 Å². The molecule has 9 aliphatic heterocycles. The van der Waals surface area contributed by atoms with E-state index in [9.17, 15) is 60.7 Å². The first-order valence-corrected chi connectivity index (χ1v) is 22.4. The van der Waals surface area contributed by atoms with Crippen molar-refractivity contribution in [2.24, 2.45) is 0 Å². The third-order valence-corrected chi connectivity index (χ3v) is 12.9.